The number of hydrogen-bond donors (Lipinski definition) is 3. The van der Waals surface area contributed by atoms with E-state index in [0.717, 1.165) is 66.5 Å². The second-order valence-corrected chi connectivity index (χ2v) is 12.4. The smallest absolute Gasteiger partial charge is 0.240 e. The summed E-state index contributed by atoms with van der Waals surface area (Å²) in [4.78, 5) is 9.80. The zero-order chi connectivity index (χ0) is 28.0. The molecule has 3 N–H and O–H groups in total. The Kier molecular flexibility index (Phi) is 8.91. The summed E-state index contributed by atoms with van der Waals surface area (Å²) in [6, 6.07) is 21.4. The van der Waals surface area contributed by atoms with E-state index in [1.165, 1.54) is 12.1 Å². The molecule has 1 aliphatic rings. The summed E-state index contributed by atoms with van der Waals surface area (Å²) in [5.41, 5.74) is 2.97. The van der Waals surface area contributed by atoms with Crippen LogP contribution < -0.4 is 15.4 Å². The molecule has 1 aliphatic carbocycles. The van der Waals surface area contributed by atoms with Crippen LogP contribution in [0.15, 0.2) is 77.7 Å². The van der Waals surface area contributed by atoms with E-state index < -0.39 is 10.0 Å². The van der Waals surface area contributed by atoms with Gasteiger partial charge in [0.25, 0.3) is 0 Å². The van der Waals surface area contributed by atoms with Crippen molar-refractivity contribution in [2.24, 2.45) is 11.8 Å². The largest absolute Gasteiger partial charge is 0.369 e. The maximum absolute atomic E-state index is 13.2. The van der Waals surface area contributed by atoms with Crippen molar-refractivity contribution in [3.63, 3.8) is 0 Å². The van der Waals surface area contributed by atoms with Gasteiger partial charge in [-0.3, -0.25) is 0 Å². The summed E-state index contributed by atoms with van der Waals surface area (Å²) >= 11 is 0. The Balaban J connectivity index is 1.12. The van der Waals surface area contributed by atoms with Crippen LogP contribution in [0.5, 0.6) is 0 Å². The molecule has 0 aliphatic heterocycles. The number of benzene rings is 3. The van der Waals surface area contributed by atoms with Gasteiger partial charge in [-0.25, -0.2) is 22.5 Å². The van der Waals surface area contributed by atoms with Gasteiger partial charge in [-0.2, -0.15) is 4.98 Å². The van der Waals surface area contributed by atoms with Crippen molar-refractivity contribution in [1.82, 2.24) is 14.7 Å². The lowest BCUT2D eigenvalue weighted by Gasteiger charge is -2.28. The number of hydrogen-bond acceptors (Lipinski definition) is 6. The SMILES string of the molecule is Cc1ccc(S(=O)(=O)NCC2CCC(CNc3nc(NCCc4ccc(F)cc4)c4ccccc4n3)CC2)cc1. The Labute approximate surface area is 235 Å². The van der Waals surface area contributed by atoms with Crippen LogP contribution in [0.1, 0.15) is 36.8 Å². The molecule has 1 fully saturated rings. The Bertz CT molecular complexity index is 1520. The molecule has 0 saturated heterocycles. The zero-order valence-corrected chi connectivity index (χ0v) is 23.6. The number of aryl methyl sites for hydroxylation is 1. The van der Waals surface area contributed by atoms with Crippen molar-refractivity contribution in [2.45, 2.75) is 43.9 Å². The molecule has 0 unspecified atom stereocenters. The normalized spacial score (nSPS) is 17.6. The van der Waals surface area contributed by atoms with Gasteiger partial charge < -0.3 is 10.6 Å². The molecule has 0 radical (unpaired) electrons. The number of para-hydroxylation sites is 1. The highest BCUT2D eigenvalue weighted by atomic mass is 32.2. The van der Waals surface area contributed by atoms with E-state index in [1.807, 2.05) is 43.3 Å². The molecule has 0 atom stereocenters. The first-order chi connectivity index (χ1) is 19.4. The third-order valence-corrected chi connectivity index (χ3v) is 9.07. The number of nitrogens with one attached hydrogen (secondary N) is 3. The van der Waals surface area contributed by atoms with Crippen LogP contribution >= 0.6 is 0 Å². The molecule has 5 rings (SSSR count). The van der Waals surface area contributed by atoms with Crippen molar-refractivity contribution in [1.29, 1.82) is 0 Å². The van der Waals surface area contributed by atoms with Gasteiger partial charge in [-0.1, -0.05) is 42.0 Å². The van der Waals surface area contributed by atoms with E-state index in [2.05, 4.69) is 15.4 Å². The first-order valence-corrected chi connectivity index (χ1v) is 15.4. The van der Waals surface area contributed by atoms with E-state index >= 15 is 0 Å². The second-order valence-electron chi connectivity index (χ2n) is 10.6. The number of sulfonamides is 1. The summed E-state index contributed by atoms with van der Waals surface area (Å²) in [6.07, 6.45) is 4.78. The van der Waals surface area contributed by atoms with E-state index in [0.29, 0.717) is 35.8 Å². The maximum atomic E-state index is 13.2. The minimum absolute atomic E-state index is 0.231. The number of anilines is 2. The molecule has 40 heavy (non-hydrogen) atoms. The Morgan fingerprint density at radius 1 is 0.825 bits per heavy atom. The highest BCUT2D eigenvalue weighted by Gasteiger charge is 2.23. The van der Waals surface area contributed by atoms with E-state index in [9.17, 15) is 12.8 Å². The van der Waals surface area contributed by atoms with Crippen LogP contribution in [-0.2, 0) is 16.4 Å². The fourth-order valence-electron chi connectivity index (χ4n) is 5.17. The van der Waals surface area contributed by atoms with Crippen LogP contribution in [0.2, 0.25) is 0 Å². The molecule has 1 heterocycles. The van der Waals surface area contributed by atoms with Crippen molar-refractivity contribution in [3.8, 4) is 0 Å². The number of rotatable bonds is 11. The molecule has 210 valence electrons. The minimum atomic E-state index is -3.48. The van der Waals surface area contributed by atoms with Crippen molar-refractivity contribution < 1.29 is 12.8 Å². The number of halogens is 1. The van der Waals surface area contributed by atoms with E-state index in [-0.39, 0.29) is 5.82 Å². The Morgan fingerprint density at radius 3 is 2.23 bits per heavy atom. The van der Waals surface area contributed by atoms with Gasteiger partial charge in [-0.15, -0.1) is 0 Å². The Hall–Kier alpha value is -3.56. The van der Waals surface area contributed by atoms with Gasteiger partial charge in [-0.05, 0) is 92.8 Å². The maximum Gasteiger partial charge on any atom is 0.240 e. The molecule has 1 aromatic heterocycles. The average Bonchev–Trinajstić information content (AvgIpc) is 2.97. The fourth-order valence-corrected chi connectivity index (χ4v) is 6.29. The lowest BCUT2D eigenvalue weighted by Crippen LogP contribution is -2.32. The first kappa shape index (κ1) is 28.0. The third kappa shape index (κ3) is 7.34. The highest BCUT2D eigenvalue weighted by Crippen LogP contribution is 2.29. The van der Waals surface area contributed by atoms with Crippen molar-refractivity contribution >= 4 is 32.7 Å². The summed E-state index contributed by atoms with van der Waals surface area (Å²) in [6.45, 7) is 3.85. The Morgan fingerprint density at radius 2 is 1.50 bits per heavy atom. The molecule has 3 aromatic carbocycles. The van der Waals surface area contributed by atoms with Gasteiger partial charge in [0.05, 0.1) is 10.4 Å². The predicted molar refractivity (Wildman–Crippen MR) is 158 cm³/mol. The molecule has 1 saturated carbocycles. The van der Waals surface area contributed by atoms with Gasteiger partial charge in [0.2, 0.25) is 16.0 Å². The number of aromatic nitrogens is 2. The first-order valence-electron chi connectivity index (χ1n) is 13.9. The van der Waals surface area contributed by atoms with E-state index in [4.69, 9.17) is 9.97 Å². The fraction of sp³-hybridized carbons (Fsp3) is 0.355. The lowest BCUT2D eigenvalue weighted by atomic mass is 9.82. The average molecular weight is 562 g/mol. The lowest BCUT2D eigenvalue weighted by molar-refractivity contribution is 0.284. The summed E-state index contributed by atoms with van der Waals surface area (Å²) in [5, 5.41) is 7.84. The van der Waals surface area contributed by atoms with Gasteiger partial charge in [0.1, 0.15) is 11.6 Å². The highest BCUT2D eigenvalue weighted by molar-refractivity contribution is 7.89. The molecular formula is C31H36FN5O2S. The zero-order valence-electron chi connectivity index (χ0n) is 22.7. The van der Waals surface area contributed by atoms with Crippen LogP contribution in [0.3, 0.4) is 0 Å². The molecule has 9 heteroatoms. The summed E-state index contributed by atoms with van der Waals surface area (Å²) < 4.78 is 41.3. The van der Waals surface area contributed by atoms with Crippen LogP contribution in [0.4, 0.5) is 16.2 Å². The monoisotopic (exact) mass is 561 g/mol. The molecule has 0 amide bonds. The molecule has 7 nitrogen and oxygen atoms in total. The predicted octanol–water partition coefficient (Wildman–Crippen LogP) is 5.93. The third-order valence-electron chi connectivity index (χ3n) is 7.63. The summed E-state index contributed by atoms with van der Waals surface area (Å²) in [5.74, 6) is 1.96. The van der Waals surface area contributed by atoms with Crippen LogP contribution in [-0.4, -0.2) is 38.0 Å². The van der Waals surface area contributed by atoms with Crippen LogP contribution in [0.25, 0.3) is 10.9 Å². The van der Waals surface area contributed by atoms with E-state index in [1.54, 1.807) is 24.3 Å². The van der Waals surface area contributed by atoms with Crippen molar-refractivity contribution in [2.75, 3.05) is 30.3 Å². The second kappa shape index (κ2) is 12.7. The minimum Gasteiger partial charge on any atom is -0.369 e. The van der Waals surface area contributed by atoms with Gasteiger partial charge >= 0.3 is 0 Å². The van der Waals surface area contributed by atoms with Crippen molar-refractivity contribution in [3.05, 3.63) is 89.7 Å². The summed E-state index contributed by atoms with van der Waals surface area (Å²) in [7, 11) is -3.48. The van der Waals surface area contributed by atoms with Gasteiger partial charge in [0.15, 0.2) is 0 Å². The topological polar surface area (TPSA) is 96.0 Å². The molecule has 4 aromatic rings. The number of nitrogens with zero attached hydrogens (tertiary/aromatic N) is 2. The van der Waals surface area contributed by atoms with Gasteiger partial charge in [0, 0.05) is 25.0 Å². The standard InChI is InChI=1S/C31H36FN5O2S/c1-22-6-16-27(17-7-22)40(38,39)35-21-25-10-8-24(9-11-25)20-34-31-36-29-5-3-2-4-28(29)30(37-31)33-19-18-23-12-14-26(32)15-13-23/h2-7,12-17,24-25,35H,8-11,18-21H2,1H3,(H2,33,34,36,37). The van der Waals surface area contributed by atoms with Crippen LogP contribution in [0, 0.1) is 24.6 Å². The molecule has 0 spiro atoms. The molecule has 0 bridgehead atoms. The molecular weight excluding hydrogens is 525 g/mol. The number of fused-ring (bicyclic) bond motifs is 1. The quantitative estimate of drug-likeness (QED) is 0.210.